The van der Waals surface area contributed by atoms with Crippen LogP contribution in [0.2, 0.25) is 0 Å². The van der Waals surface area contributed by atoms with Crippen molar-refractivity contribution in [2.45, 2.75) is 81.9 Å². The van der Waals surface area contributed by atoms with Gasteiger partial charge in [0.2, 0.25) is 12.2 Å². The standard InChI is InChI=1S/C34H43FN4O11/c1-17(34(44)37-27-28(41)30(43)33-32(29(27)42)46-16-47-33)11-19-4-6-25(22(36)13-19)49-26-14-24(40)31(50-26)18(2)38-48-15-20-3-5-23(21(35)12-20)39-7-9-45-10-8-39/h3-6,11-13,24,26-33,40-43H,7-10,14-16,36H2,1-2H3,(H,37,44)/b17-11+,38-18-/t24?,26-,27-,28+,29+,30-,31?,32+,33-/m1/s1. The second kappa shape index (κ2) is 15.6. The number of hydrogen-bond acceptors (Lipinski definition) is 14. The van der Waals surface area contributed by atoms with Gasteiger partial charge >= 0.3 is 0 Å². The number of nitrogens with zero attached hydrogens (tertiary/aromatic N) is 2. The molecule has 1 saturated carbocycles. The van der Waals surface area contributed by atoms with Crippen LogP contribution in [0, 0.1) is 5.82 Å². The number of aliphatic hydroxyl groups is 4. The summed E-state index contributed by atoms with van der Waals surface area (Å²) >= 11 is 0. The van der Waals surface area contributed by atoms with Gasteiger partial charge in [0.1, 0.15) is 61.6 Å². The van der Waals surface area contributed by atoms with Gasteiger partial charge in [0.15, 0.2) is 0 Å². The van der Waals surface area contributed by atoms with Gasteiger partial charge in [-0.25, -0.2) is 4.39 Å². The molecule has 3 saturated heterocycles. The third kappa shape index (κ3) is 7.87. The fraction of sp³-hybridized carbons (Fsp3) is 0.529. The Morgan fingerprint density at radius 1 is 1.06 bits per heavy atom. The maximum atomic E-state index is 14.7. The molecule has 0 aromatic heterocycles. The number of carbonyl (C=O) groups excluding carboxylic acids is 1. The minimum atomic E-state index is -1.47. The Hall–Kier alpha value is -3.87. The maximum Gasteiger partial charge on any atom is 0.247 e. The normalized spacial score (nSPS) is 31.7. The van der Waals surface area contributed by atoms with Crippen LogP contribution in [0.3, 0.4) is 0 Å². The zero-order valence-corrected chi connectivity index (χ0v) is 27.7. The summed E-state index contributed by atoms with van der Waals surface area (Å²) in [5.74, 6) is -0.629. The van der Waals surface area contributed by atoms with E-state index in [0.717, 1.165) is 0 Å². The highest BCUT2D eigenvalue weighted by Gasteiger charge is 2.53. The Balaban J connectivity index is 1.00. The van der Waals surface area contributed by atoms with Gasteiger partial charge in [-0.1, -0.05) is 17.3 Å². The molecule has 50 heavy (non-hydrogen) atoms. The van der Waals surface area contributed by atoms with Crippen molar-refractivity contribution >= 4 is 29.1 Å². The van der Waals surface area contributed by atoms with Crippen LogP contribution in [0.5, 0.6) is 5.75 Å². The summed E-state index contributed by atoms with van der Waals surface area (Å²) in [4.78, 5) is 20.3. The van der Waals surface area contributed by atoms with Crippen molar-refractivity contribution in [3.8, 4) is 5.75 Å². The van der Waals surface area contributed by atoms with Crippen LogP contribution in [-0.2, 0) is 35.2 Å². The zero-order valence-electron chi connectivity index (χ0n) is 27.7. The van der Waals surface area contributed by atoms with E-state index >= 15 is 0 Å². The number of nitrogens with two attached hydrogens (primary N) is 1. The molecule has 6 rings (SSSR count). The first-order valence-electron chi connectivity index (χ1n) is 16.4. The molecule has 0 radical (unpaired) electrons. The van der Waals surface area contributed by atoms with Crippen LogP contribution in [-0.4, -0.2) is 120 Å². The highest BCUT2D eigenvalue weighted by atomic mass is 19.1. The number of nitrogens with one attached hydrogen (secondary N) is 1. The van der Waals surface area contributed by atoms with E-state index in [2.05, 4.69) is 10.5 Å². The minimum Gasteiger partial charge on any atom is -0.463 e. The van der Waals surface area contributed by atoms with Crippen molar-refractivity contribution in [2.24, 2.45) is 5.16 Å². The van der Waals surface area contributed by atoms with E-state index < -0.39 is 61.0 Å². The molecular weight excluding hydrogens is 659 g/mol. The predicted octanol–water partition coefficient (Wildman–Crippen LogP) is 0.418. The number of oxime groups is 1. The lowest BCUT2D eigenvalue weighted by Crippen LogP contribution is -2.67. The Morgan fingerprint density at radius 3 is 2.52 bits per heavy atom. The molecule has 1 amide bonds. The molecular formula is C34H43FN4O11. The van der Waals surface area contributed by atoms with Gasteiger partial charge in [-0.05, 0) is 55.3 Å². The molecule has 2 aromatic carbocycles. The summed E-state index contributed by atoms with van der Waals surface area (Å²) in [6.45, 7) is 5.46. The van der Waals surface area contributed by atoms with Crippen molar-refractivity contribution < 1.29 is 58.1 Å². The third-order valence-corrected chi connectivity index (χ3v) is 9.23. The second-order valence-corrected chi connectivity index (χ2v) is 12.8. The Bertz CT molecular complexity index is 1590. The third-order valence-electron chi connectivity index (χ3n) is 9.23. The molecule has 16 heteroatoms. The number of anilines is 2. The summed E-state index contributed by atoms with van der Waals surface area (Å²) in [7, 11) is 0. The lowest BCUT2D eigenvalue weighted by Gasteiger charge is -2.41. The van der Waals surface area contributed by atoms with Crippen LogP contribution in [0.1, 0.15) is 31.4 Å². The van der Waals surface area contributed by atoms with Crippen molar-refractivity contribution in [1.82, 2.24) is 5.32 Å². The van der Waals surface area contributed by atoms with Crippen LogP contribution >= 0.6 is 0 Å². The number of morpholine rings is 1. The molecule has 0 spiro atoms. The fourth-order valence-corrected chi connectivity index (χ4v) is 6.49. The fourth-order valence-electron chi connectivity index (χ4n) is 6.49. The minimum absolute atomic E-state index is 0.0255. The second-order valence-electron chi connectivity index (χ2n) is 12.8. The van der Waals surface area contributed by atoms with E-state index in [-0.39, 0.29) is 36.9 Å². The SMILES string of the molecule is C/C(=N/OCc1ccc(N2CCOCC2)c(F)c1)C1O[C@@H](Oc2ccc(/C=C(\C)C(=O)N[C@@H]3[C@H](O)[C@@H](O)[C@H]4OCO[C@H]4[C@H]3O)cc2N)CC1O. The van der Waals surface area contributed by atoms with E-state index in [1.165, 1.54) is 6.07 Å². The largest absolute Gasteiger partial charge is 0.463 e. The number of nitrogen functional groups attached to an aromatic ring is 1. The molecule has 3 heterocycles. The average molecular weight is 703 g/mol. The highest BCUT2D eigenvalue weighted by molar-refractivity contribution is 5.97. The van der Waals surface area contributed by atoms with Crippen molar-refractivity contribution in [3.05, 3.63) is 58.9 Å². The van der Waals surface area contributed by atoms with Crippen molar-refractivity contribution in [1.29, 1.82) is 0 Å². The molecule has 0 bridgehead atoms. The summed E-state index contributed by atoms with van der Waals surface area (Å²) in [5.41, 5.74) is 8.80. The summed E-state index contributed by atoms with van der Waals surface area (Å²) in [6.07, 6.45) is -6.76. The predicted molar refractivity (Wildman–Crippen MR) is 176 cm³/mol. The number of hydrogen-bond donors (Lipinski definition) is 6. The van der Waals surface area contributed by atoms with Gasteiger partial charge in [0, 0.05) is 25.1 Å². The first-order chi connectivity index (χ1) is 24.0. The summed E-state index contributed by atoms with van der Waals surface area (Å²) in [6, 6.07) is 8.59. The van der Waals surface area contributed by atoms with E-state index in [9.17, 15) is 29.6 Å². The molecule has 272 valence electrons. The van der Waals surface area contributed by atoms with Gasteiger partial charge in [0.05, 0.1) is 42.4 Å². The lowest BCUT2D eigenvalue weighted by molar-refractivity contribution is -0.155. The Morgan fingerprint density at radius 2 is 1.80 bits per heavy atom. The van der Waals surface area contributed by atoms with Crippen molar-refractivity contribution in [3.63, 3.8) is 0 Å². The molecule has 4 fully saturated rings. The van der Waals surface area contributed by atoms with Gasteiger partial charge in [-0.15, -0.1) is 0 Å². The van der Waals surface area contributed by atoms with Crippen LogP contribution < -0.4 is 20.7 Å². The van der Waals surface area contributed by atoms with E-state index in [1.54, 1.807) is 50.3 Å². The average Bonchev–Trinajstić information content (AvgIpc) is 3.74. The molecule has 2 aromatic rings. The quantitative estimate of drug-likeness (QED) is 0.0860. The van der Waals surface area contributed by atoms with Crippen LogP contribution in [0.15, 0.2) is 47.1 Å². The van der Waals surface area contributed by atoms with Crippen LogP contribution in [0.25, 0.3) is 6.08 Å². The summed E-state index contributed by atoms with van der Waals surface area (Å²) < 4.78 is 42.4. The van der Waals surface area contributed by atoms with Crippen molar-refractivity contribution in [2.75, 3.05) is 43.7 Å². The Kier molecular flexibility index (Phi) is 11.2. The number of amides is 1. The number of fused-ring (bicyclic) bond motifs is 1. The molecule has 7 N–H and O–H groups in total. The van der Waals surface area contributed by atoms with E-state index in [4.69, 9.17) is 34.3 Å². The Labute approximate surface area is 287 Å². The molecule has 15 nitrogen and oxygen atoms in total. The smallest absolute Gasteiger partial charge is 0.247 e. The molecule has 3 aliphatic heterocycles. The topological polar surface area (TPSA) is 207 Å². The zero-order chi connectivity index (χ0) is 35.5. The number of rotatable bonds is 10. The summed E-state index contributed by atoms with van der Waals surface area (Å²) in [5, 5.41) is 48.8. The van der Waals surface area contributed by atoms with Gasteiger partial charge in [-0.2, -0.15) is 0 Å². The first-order valence-corrected chi connectivity index (χ1v) is 16.4. The number of benzene rings is 2. The lowest BCUT2D eigenvalue weighted by atomic mass is 9.83. The highest BCUT2D eigenvalue weighted by Crippen LogP contribution is 2.32. The first kappa shape index (κ1) is 35.9. The van der Waals surface area contributed by atoms with Gasteiger partial charge < -0.3 is 64.9 Å². The van der Waals surface area contributed by atoms with Gasteiger partial charge in [0.25, 0.3) is 0 Å². The van der Waals surface area contributed by atoms with Crippen LogP contribution in [0.4, 0.5) is 15.8 Å². The molecule has 4 aliphatic rings. The molecule has 1 aliphatic carbocycles. The van der Waals surface area contributed by atoms with E-state index in [1.807, 2.05) is 4.90 Å². The molecule has 9 atom stereocenters. The number of carbonyl (C=O) groups is 1. The number of aliphatic hydroxyl groups excluding tert-OH is 4. The number of ether oxygens (including phenoxy) is 5. The molecule has 2 unspecified atom stereocenters. The maximum absolute atomic E-state index is 14.7. The number of halogens is 1. The monoisotopic (exact) mass is 702 g/mol. The van der Waals surface area contributed by atoms with Gasteiger partial charge in [-0.3, -0.25) is 4.79 Å². The van der Waals surface area contributed by atoms with E-state index in [0.29, 0.717) is 54.6 Å².